The van der Waals surface area contributed by atoms with Gasteiger partial charge in [0.15, 0.2) is 11.6 Å². The second-order valence-corrected chi connectivity index (χ2v) is 6.30. The molecule has 0 atom stereocenters. The molecule has 0 saturated carbocycles. The third-order valence-corrected chi connectivity index (χ3v) is 4.04. The van der Waals surface area contributed by atoms with Crippen LogP contribution in [0.1, 0.15) is 15.9 Å². The maximum absolute atomic E-state index is 13.4. The highest BCUT2D eigenvalue weighted by atomic mass is 19.4. The molecular weight excluding hydrogens is 425 g/mol. The Kier molecular flexibility index (Phi) is 6.78. The molecule has 0 aliphatic heterocycles. The molecule has 11 heteroatoms. The number of nitrogens with one attached hydrogen (secondary N) is 1. The fraction of sp³-hybridized carbons (Fsp3) is 0.0952. The largest absolute Gasteiger partial charge is 0.497 e. The topological polar surface area (TPSA) is 115 Å². The Morgan fingerprint density at radius 3 is 2.53 bits per heavy atom. The summed E-state index contributed by atoms with van der Waals surface area (Å²) in [6.07, 6.45) is -1.29. The number of halogens is 3. The van der Waals surface area contributed by atoms with Crippen molar-refractivity contribution in [2.75, 3.05) is 12.4 Å². The number of nitrogens with zero attached hydrogens (tertiary/aromatic N) is 4. The molecule has 8 nitrogen and oxygen atoms in total. The summed E-state index contributed by atoms with van der Waals surface area (Å²) in [7, 11) is 1.47. The second-order valence-electron chi connectivity index (χ2n) is 6.30. The summed E-state index contributed by atoms with van der Waals surface area (Å²) < 4.78 is 45.3. The van der Waals surface area contributed by atoms with Gasteiger partial charge < -0.3 is 15.8 Å². The SMILES string of the molecule is COc1cccc(C(=O)Nc2ccc(N=C(C=C(N)c3cccnc3)C(F)(F)F)nn2)c1. The molecule has 0 bridgehead atoms. The molecule has 0 radical (unpaired) electrons. The zero-order chi connectivity index (χ0) is 23.1. The van der Waals surface area contributed by atoms with Crippen molar-refractivity contribution >= 4 is 29.0 Å². The van der Waals surface area contributed by atoms with Gasteiger partial charge in [-0.15, -0.1) is 10.2 Å². The van der Waals surface area contributed by atoms with Gasteiger partial charge in [-0.2, -0.15) is 13.2 Å². The number of hydrogen-bond donors (Lipinski definition) is 2. The van der Waals surface area contributed by atoms with Crippen molar-refractivity contribution in [3.8, 4) is 5.75 Å². The lowest BCUT2D eigenvalue weighted by Crippen LogP contribution is -2.22. The van der Waals surface area contributed by atoms with Gasteiger partial charge in [0.25, 0.3) is 5.91 Å². The van der Waals surface area contributed by atoms with Crippen molar-refractivity contribution < 1.29 is 22.7 Å². The predicted molar refractivity (Wildman–Crippen MR) is 113 cm³/mol. The number of rotatable bonds is 6. The molecule has 0 spiro atoms. The molecule has 1 amide bonds. The lowest BCUT2D eigenvalue weighted by molar-refractivity contribution is -0.0576. The molecule has 164 valence electrons. The van der Waals surface area contributed by atoms with Crippen LogP contribution in [0.2, 0.25) is 0 Å². The van der Waals surface area contributed by atoms with Crippen molar-refractivity contribution in [3.63, 3.8) is 0 Å². The van der Waals surface area contributed by atoms with Crippen LogP contribution in [-0.4, -0.2) is 40.1 Å². The Labute approximate surface area is 180 Å². The van der Waals surface area contributed by atoms with Gasteiger partial charge in [0.05, 0.1) is 7.11 Å². The van der Waals surface area contributed by atoms with E-state index in [0.717, 1.165) is 0 Å². The van der Waals surface area contributed by atoms with E-state index < -0.39 is 17.8 Å². The maximum Gasteiger partial charge on any atom is 0.433 e. The van der Waals surface area contributed by atoms with E-state index in [2.05, 4.69) is 25.5 Å². The fourth-order valence-corrected chi connectivity index (χ4v) is 2.47. The predicted octanol–water partition coefficient (Wildman–Crippen LogP) is 3.77. The molecule has 2 aromatic heterocycles. The Morgan fingerprint density at radius 1 is 1.12 bits per heavy atom. The molecule has 0 aliphatic carbocycles. The molecule has 0 aliphatic rings. The van der Waals surface area contributed by atoms with Crippen molar-refractivity contribution in [1.82, 2.24) is 15.2 Å². The summed E-state index contributed by atoms with van der Waals surface area (Å²) in [5, 5.41) is 9.84. The van der Waals surface area contributed by atoms with Crippen LogP contribution in [0.4, 0.5) is 24.8 Å². The molecule has 1 aromatic carbocycles. The number of hydrogen-bond acceptors (Lipinski definition) is 7. The van der Waals surface area contributed by atoms with Gasteiger partial charge >= 0.3 is 6.18 Å². The highest BCUT2D eigenvalue weighted by Gasteiger charge is 2.34. The summed E-state index contributed by atoms with van der Waals surface area (Å²) in [6.45, 7) is 0. The van der Waals surface area contributed by atoms with Gasteiger partial charge in [-0.3, -0.25) is 9.78 Å². The van der Waals surface area contributed by atoms with Crippen molar-refractivity contribution in [2.24, 2.45) is 10.7 Å². The minimum absolute atomic E-state index is 0.0377. The van der Waals surface area contributed by atoms with Crippen LogP contribution in [0.15, 0.2) is 72.0 Å². The lowest BCUT2D eigenvalue weighted by Gasteiger charge is -2.09. The van der Waals surface area contributed by atoms with E-state index in [9.17, 15) is 18.0 Å². The van der Waals surface area contributed by atoms with Gasteiger partial charge in [-0.1, -0.05) is 6.07 Å². The molecular formula is C21H17F3N6O2. The molecule has 3 rings (SSSR count). The van der Waals surface area contributed by atoms with Gasteiger partial charge in [0, 0.05) is 29.2 Å². The number of nitrogens with two attached hydrogens (primary N) is 1. The van der Waals surface area contributed by atoms with E-state index in [4.69, 9.17) is 10.5 Å². The third-order valence-electron chi connectivity index (χ3n) is 4.04. The van der Waals surface area contributed by atoms with Crippen LogP contribution >= 0.6 is 0 Å². The summed E-state index contributed by atoms with van der Waals surface area (Å²) in [5.74, 6) is -0.271. The van der Waals surface area contributed by atoms with E-state index in [1.165, 1.54) is 43.8 Å². The number of alkyl halides is 3. The smallest absolute Gasteiger partial charge is 0.433 e. The number of aromatic nitrogens is 3. The number of ether oxygens (including phenoxy) is 1. The Balaban J connectivity index is 1.80. The average Bonchev–Trinajstić information content (AvgIpc) is 2.79. The van der Waals surface area contributed by atoms with Crippen LogP contribution in [-0.2, 0) is 0 Å². The number of methoxy groups -OCH3 is 1. The van der Waals surface area contributed by atoms with Crippen LogP contribution < -0.4 is 15.8 Å². The van der Waals surface area contributed by atoms with Crippen LogP contribution in [0.3, 0.4) is 0 Å². The van der Waals surface area contributed by atoms with Gasteiger partial charge in [-0.05, 0) is 48.5 Å². The Bertz CT molecular complexity index is 1150. The van der Waals surface area contributed by atoms with E-state index in [1.807, 2.05) is 0 Å². The first kappa shape index (κ1) is 22.4. The van der Waals surface area contributed by atoms with Crippen molar-refractivity contribution in [2.45, 2.75) is 6.18 Å². The summed E-state index contributed by atoms with van der Waals surface area (Å²) in [5.41, 5.74) is 4.94. The minimum atomic E-state index is -4.78. The summed E-state index contributed by atoms with van der Waals surface area (Å²) >= 11 is 0. The number of carbonyl (C=O) groups excluding carboxylic acids is 1. The molecule has 3 aromatic rings. The van der Waals surface area contributed by atoms with Crippen molar-refractivity contribution in [1.29, 1.82) is 0 Å². The Morgan fingerprint density at radius 2 is 1.91 bits per heavy atom. The number of aliphatic imine (C=N–C) groups is 1. The molecule has 0 unspecified atom stereocenters. The first-order valence-electron chi connectivity index (χ1n) is 9.09. The highest BCUT2D eigenvalue weighted by Crippen LogP contribution is 2.23. The van der Waals surface area contributed by atoms with Crippen molar-refractivity contribution in [3.05, 3.63) is 78.1 Å². The number of allylic oxidation sites excluding steroid dienone is 1. The maximum atomic E-state index is 13.4. The molecule has 3 N–H and O–H groups in total. The molecule has 0 saturated heterocycles. The minimum Gasteiger partial charge on any atom is -0.497 e. The number of benzene rings is 1. The fourth-order valence-electron chi connectivity index (χ4n) is 2.47. The normalized spacial score (nSPS) is 12.4. The highest BCUT2D eigenvalue weighted by molar-refractivity contribution is 6.05. The van der Waals surface area contributed by atoms with E-state index in [0.29, 0.717) is 23.0 Å². The number of amides is 1. The monoisotopic (exact) mass is 442 g/mol. The zero-order valence-electron chi connectivity index (χ0n) is 16.7. The van der Waals surface area contributed by atoms with E-state index in [-0.39, 0.29) is 17.3 Å². The summed E-state index contributed by atoms with van der Waals surface area (Å²) in [4.78, 5) is 19.6. The van der Waals surface area contributed by atoms with Gasteiger partial charge in [0.2, 0.25) is 0 Å². The van der Waals surface area contributed by atoms with E-state index in [1.54, 1.807) is 24.3 Å². The van der Waals surface area contributed by atoms with Gasteiger partial charge in [0.1, 0.15) is 11.5 Å². The molecule has 0 fully saturated rings. The first-order chi connectivity index (χ1) is 15.3. The number of pyridine rings is 1. The Hall–Kier alpha value is -4.28. The average molecular weight is 442 g/mol. The third kappa shape index (κ3) is 5.88. The second kappa shape index (κ2) is 9.69. The standard InChI is InChI=1S/C21H17F3N6O2/c1-32-15-6-2-4-13(10-15)20(31)28-19-8-7-18(29-30-19)27-17(21(22,23)24)11-16(25)14-5-3-9-26-12-14/h2-12H,25H2,1H3,(H,28,30,31). The number of carbonyl (C=O) groups is 1. The van der Waals surface area contributed by atoms with Crippen LogP contribution in [0.5, 0.6) is 5.75 Å². The van der Waals surface area contributed by atoms with Crippen LogP contribution in [0, 0.1) is 0 Å². The lowest BCUT2D eigenvalue weighted by atomic mass is 10.2. The van der Waals surface area contributed by atoms with E-state index >= 15 is 0 Å². The zero-order valence-corrected chi connectivity index (χ0v) is 16.7. The van der Waals surface area contributed by atoms with Gasteiger partial charge in [-0.25, -0.2) is 4.99 Å². The molecule has 2 heterocycles. The number of anilines is 1. The van der Waals surface area contributed by atoms with Crippen LogP contribution in [0.25, 0.3) is 5.70 Å². The first-order valence-corrected chi connectivity index (χ1v) is 9.09. The quantitative estimate of drug-likeness (QED) is 0.562. The summed E-state index contributed by atoms with van der Waals surface area (Å²) in [6, 6.07) is 11.9. The molecule has 32 heavy (non-hydrogen) atoms.